The molecule has 1 fully saturated rings. The molecule has 0 spiro atoms. The molecule has 2 aromatic rings. The van der Waals surface area contributed by atoms with E-state index in [1.807, 2.05) is 18.2 Å². The van der Waals surface area contributed by atoms with Crippen LogP contribution in [0.15, 0.2) is 36.4 Å². The highest BCUT2D eigenvalue weighted by Gasteiger charge is 2.24. The molecule has 0 aromatic heterocycles. The molecule has 0 bridgehead atoms. The topological polar surface area (TPSA) is 32.3 Å². The highest BCUT2D eigenvalue weighted by Crippen LogP contribution is 2.30. The molecule has 0 aliphatic heterocycles. The Morgan fingerprint density at radius 1 is 1.17 bits per heavy atom. The quantitative estimate of drug-likeness (QED) is 0.862. The van der Waals surface area contributed by atoms with E-state index in [9.17, 15) is 5.11 Å². The van der Waals surface area contributed by atoms with E-state index in [2.05, 4.69) is 24.4 Å². The monoisotopic (exact) mass is 241 g/mol. The van der Waals surface area contributed by atoms with Crippen LogP contribution in [0.5, 0.6) is 5.75 Å². The van der Waals surface area contributed by atoms with Gasteiger partial charge in [0, 0.05) is 18.2 Å². The van der Waals surface area contributed by atoms with Crippen LogP contribution < -0.4 is 5.32 Å². The lowest BCUT2D eigenvalue weighted by atomic mass is 9.82. The number of hydrogen-bond donors (Lipinski definition) is 2. The third-order valence-corrected chi connectivity index (χ3v) is 3.96. The second-order valence-corrected chi connectivity index (χ2v) is 5.44. The second kappa shape index (κ2) is 4.62. The lowest BCUT2D eigenvalue weighted by molar-refractivity contribution is 0.240. The summed E-state index contributed by atoms with van der Waals surface area (Å²) in [7, 11) is 0. The number of phenols is 1. The SMILES string of the molecule is CC1CC(NCc2c(O)ccc3ccccc23)C1. The van der Waals surface area contributed by atoms with Crippen LogP contribution in [0.3, 0.4) is 0 Å². The number of rotatable bonds is 3. The first-order chi connectivity index (χ1) is 8.74. The maximum Gasteiger partial charge on any atom is 0.120 e. The average Bonchev–Trinajstić information content (AvgIpc) is 2.35. The van der Waals surface area contributed by atoms with Gasteiger partial charge in [-0.25, -0.2) is 0 Å². The van der Waals surface area contributed by atoms with E-state index in [0.717, 1.165) is 23.4 Å². The van der Waals surface area contributed by atoms with Gasteiger partial charge in [0.1, 0.15) is 5.75 Å². The summed E-state index contributed by atoms with van der Waals surface area (Å²) in [6.07, 6.45) is 2.51. The van der Waals surface area contributed by atoms with E-state index >= 15 is 0 Å². The Labute approximate surface area is 108 Å². The normalized spacial score (nSPS) is 22.9. The zero-order valence-electron chi connectivity index (χ0n) is 10.7. The van der Waals surface area contributed by atoms with Crippen LogP contribution in [0.25, 0.3) is 10.8 Å². The first-order valence-corrected chi connectivity index (χ1v) is 6.67. The van der Waals surface area contributed by atoms with Gasteiger partial charge in [0.15, 0.2) is 0 Å². The van der Waals surface area contributed by atoms with E-state index < -0.39 is 0 Å². The molecule has 0 saturated heterocycles. The Hall–Kier alpha value is -1.54. The standard InChI is InChI=1S/C16H19NO/c1-11-8-13(9-11)17-10-15-14-5-3-2-4-12(14)6-7-16(15)18/h2-7,11,13,17-18H,8-10H2,1H3. The van der Waals surface area contributed by atoms with Gasteiger partial charge in [-0.15, -0.1) is 0 Å². The zero-order chi connectivity index (χ0) is 12.5. The van der Waals surface area contributed by atoms with Crippen molar-refractivity contribution in [2.45, 2.75) is 32.4 Å². The highest BCUT2D eigenvalue weighted by molar-refractivity contribution is 5.87. The molecular weight excluding hydrogens is 222 g/mol. The van der Waals surface area contributed by atoms with E-state index in [-0.39, 0.29) is 0 Å². The molecule has 0 amide bonds. The number of phenolic OH excluding ortho intramolecular Hbond substituents is 1. The first-order valence-electron chi connectivity index (χ1n) is 6.67. The Morgan fingerprint density at radius 2 is 1.94 bits per heavy atom. The van der Waals surface area contributed by atoms with Crippen molar-refractivity contribution in [2.24, 2.45) is 5.92 Å². The van der Waals surface area contributed by atoms with Gasteiger partial charge < -0.3 is 10.4 Å². The number of nitrogens with one attached hydrogen (secondary N) is 1. The van der Waals surface area contributed by atoms with Crippen molar-refractivity contribution in [3.63, 3.8) is 0 Å². The van der Waals surface area contributed by atoms with Crippen LogP contribution in [-0.2, 0) is 6.54 Å². The summed E-state index contributed by atoms with van der Waals surface area (Å²) in [6.45, 7) is 3.04. The van der Waals surface area contributed by atoms with Gasteiger partial charge in [-0.2, -0.15) is 0 Å². The minimum absolute atomic E-state index is 0.397. The molecule has 1 saturated carbocycles. The molecular formula is C16H19NO. The minimum atomic E-state index is 0.397. The van der Waals surface area contributed by atoms with Crippen molar-refractivity contribution in [1.29, 1.82) is 0 Å². The molecule has 2 nitrogen and oxygen atoms in total. The molecule has 1 aliphatic carbocycles. The summed E-state index contributed by atoms with van der Waals surface area (Å²) in [4.78, 5) is 0. The van der Waals surface area contributed by atoms with Crippen LogP contribution in [0.2, 0.25) is 0 Å². The van der Waals surface area contributed by atoms with Crippen LogP contribution in [0.4, 0.5) is 0 Å². The summed E-state index contributed by atoms with van der Waals surface area (Å²) >= 11 is 0. The smallest absolute Gasteiger partial charge is 0.120 e. The fourth-order valence-corrected chi connectivity index (χ4v) is 2.83. The summed E-state index contributed by atoms with van der Waals surface area (Å²) in [5.74, 6) is 1.25. The summed E-state index contributed by atoms with van der Waals surface area (Å²) in [6, 6.07) is 12.6. The van der Waals surface area contributed by atoms with Crippen LogP contribution in [-0.4, -0.2) is 11.1 Å². The Kier molecular flexibility index (Phi) is 2.96. The number of hydrogen-bond acceptors (Lipinski definition) is 2. The average molecular weight is 241 g/mol. The van der Waals surface area contributed by atoms with Gasteiger partial charge in [-0.1, -0.05) is 37.3 Å². The Balaban J connectivity index is 1.83. The molecule has 18 heavy (non-hydrogen) atoms. The molecule has 0 atom stereocenters. The molecule has 3 rings (SSSR count). The molecule has 1 aliphatic rings. The molecule has 2 heteroatoms. The third-order valence-electron chi connectivity index (χ3n) is 3.96. The fraction of sp³-hybridized carbons (Fsp3) is 0.375. The predicted molar refractivity (Wildman–Crippen MR) is 74.6 cm³/mol. The fourth-order valence-electron chi connectivity index (χ4n) is 2.83. The van der Waals surface area contributed by atoms with Crippen LogP contribution >= 0.6 is 0 Å². The van der Waals surface area contributed by atoms with Gasteiger partial charge in [-0.05, 0) is 35.6 Å². The van der Waals surface area contributed by atoms with Crippen LogP contribution in [0.1, 0.15) is 25.3 Å². The van der Waals surface area contributed by atoms with Gasteiger partial charge in [0.05, 0.1) is 0 Å². The largest absolute Gasteiger partial charge is 0.508 e. The number of benzene rings is 2. The van der Waals surface area contributed by atoms with E-state index in [0.29, 0.717) is 11.8 Å². The molecule has 2 N–H and O–H groups in total. The Bertz CT molecular complexity index is 558. The van der Waals surface area contributed by atoms with E-state index in [4.69, 9.17) is 0 Å². The maximum absolute atomic E-state index is 10.0. The molecule has 0 radical (unpaired) electrons. The lowest BCUT2D eigenvalue weighted by Gasteiger charge is -2.33. The van der Waals surface area contributed by atoms with E-state index in [1.54, 1.807) is 6.07 Å². The van der Waals surface area contributed by atoms with Gasteiger partial charge >= 0.3 is 0 Å². The van der Waals surface area contributed by atoms with E-state index in [1.165, 1.54) is 18.2 Å². The number of aromatic hydroxyl groups is 1. The summed E-state index contributed by atoms with van der Waals surface area (Å²) in [5.41, 5.74) is 1.02. The summed E-state index contributed by atoms with van der Waals surface area (Å²) in [5, 5.41) is 15.9. The van der Waals surface area contributed by atoms with Gasteiger partial charge in [-0.3, -0.25) is 0 Å². The van der Waals surface area contributed by atoms with Crippen molar-refractivity contribution in [3.05, 3.63) is 42.0 Å². The second-order valence-electron chi connectivity index (χ2n) is 5.44. The molecule has 2 aromatic carbocycles. The molecule has 0 heterocycles. The Morgan fingerprint density at radius 3 is 2.72 bits per heavy atom. The van der Waals surface area contributed by atoms with Crippen molar-refractivity contribution in [1.82, 2.24) is 5.32 Å². The summed E-state index contributed by atoms with van der Waals surface area (Å²) < 4.78 is 0. The zero-order valence-corrected chi connectivity index (χ0v) is 10.7. The minimum Gasteiger partial charge on any atom is -0.508 e. The van der Waals surface area contributed by atoms with Gasteiger partial charge in [0.2, 0.25) is 0 Å². The van der Waals surface area contributed by atoms with Crippen molar-refractivity contribution >= 4 is 10.8 Å². The van der Waals surface area contributed by atoms with Crippen LogP contribution in [0, 0.1) is 5.92 Å². The highest BCUT2D eigenvalue weighted by atomic mass is 16.3. The van der Waals surface area contributed by atoms with Crippen molar-refractivity contribution in [3.8, 4) is 5.75 Å². The molecule has 0 unspecified atom stereocenters. The maximum atomic E-state index is 10.0. The van der Waals surface area contributed by atoms with Crippen molar-refractivity contribution in [2.75, 3.05) is 0 Å². The lowest BCUT2D eigenvalue weighted by Crippen LogP contribution is -2.39. The predicted octanol–water partition coefficient (Wildman–Crippen LogP) is 3.43. The third kappa shape index (κ3) is 2.08. The van der Waals surface area contributed by atoms with Gasteiger partial charge in [0.25, 0.3) is 0 Å². The molecule has 94 valence electrons. The van der Waals surface area contributed by atoms with Crippen molar-refractivity contribution < 1.29 is 5.11 Å². The first kappa shape index (κ1) is 11.5. The number of fused-ring (bicyclic) bond motifs is 1.